The Morgan fingerprint density at radius 2 is 2.20 bits per heavy atom. The summed E-state index contributed by atoms with van der Waals surface area (Å²) >= 11 is 1.15. The second-order valence-electron chi connectivity index (χ2n) is 5.14. The Morgan fingerprint density at radius 3 is 2.80 bits per heavy atom. The molecule has 0 fully saturated rings. The van der Waals surface area contributed by atoms with Crippen molar-refractivity contribution in [2.45, 2.75) is 11.4 Å². The molecule has 1 aromatic carbocycles. The zero-order valence-corrected chi connectivity index (χ0v) is 14.7. The van der Waals surface area contributed by atoms with E-state index in [1.54, 1.807) is 29.9 Å². The number of rotatable bonds is 3. The van der Waals surface area contributed by atoms with E-state index in [2.05, 4.69) is 16.0 Å². The molecule has 0 aliphatic heterocycles. The van der Waals surface area contributed by atoms with Gasteiger partial charge in [0.25, 0.3) is 5.91 Å². The van der Waals surface area contributed by atoms with Gasteiger partial charge in [0.2, 0.25) is 10.0 Å². The van der Waals surface area contributed by atoms with Crippen molar-refractivity contribution in [3.8, 4) is 12.3 Å². The lowest BCUT2D eigenvalue weighted by Crippen LogP contribution is -2.16. The minimum Gasteiger partial charge on any atom is -0.305 e. The number of primary sulfonamides is 1. The highest BCUT2D eigenvalue weighted by atomic mass is 32.2. The number of terminal acetylenes is 1. The Bertz CT molecular complexity index is 1190. The molecule has 25 heavy (non-hydrogen) atoms. The molecule has 0 spiro atoms. The number of fused-ring (bicyclic) bond motifs is 1. The van der Waals surface area contributed by atoms with Crippen molar-refractivity contribution in [1.29, 1.82) is 0 Å². The minimum atomic E-state index is -3.83. The molecule has 128 valence electrons. The maximum atomic E-state index is 12.3. The van der Waals surface area contributed by atoms with E-state index in [-0.39, 0.29) is 17.1 Å². The van der Waals surface area contributed by atoms with E-state index >= 15 is 0 Å². The summed E-state index contributed by atoms with van der Waals surface area (Å²) in [6.07, 6.45) is 7.04. The zero-order valence-electron chi connectivity index (χ0n) is 13.1. The fraction of sp³-hybridized carbons (Fsp3) is 0.133. The lowest BCUT2D eigenvalue weighted by molar-refractivity contribution is 0.0992. The van der Waals surface area contributed by atoms with Crippen LogP contribution in [-0.4, -0.2) is 28.7 Å². The quantitative estimate of drug-likeness (QED) is 0.670. The first-order valence-corrected chi connectivity index (χ1v) is 9.34. The van der Waals surface area contributed by atoms with Crippen LogP contribution in [0.1, 0.15) is 10.5 Å². The van der Waals surface area contributed by atoms with E-state index in [1.807, 2.05) is 0 Å². The van der Waals surface area contributed by atoms with Gasteiger partial charge in [0, 0.05) is 13.2 Å². The van der Waals surface area contributed by atoms with E-state index in [9.17, 15) is 13.2 Å². The predicted octanol–water partition coefficient (Wildman–Crippen LogP) is 0.458. The second kappa shape index (κ2) is 6.29. The SMILES string of the molecule is C#CCn1c(=NC(=O)c2ccn(C)n2)sc2cc(S(N)(=O)=O)ccc21. The van der Waals surface area contributed by atoms with Crippen molar-refractivity contribution in [3.63, 3.8) is 0 Å². The average Bonchev–Trinajstić information content (AvgIpc) is 3.11. The maximum absolute atomic E-state index is 12.3. The van der Waals surface area contributed by atoms with Crippen LogP contribution in [-0.2, 0) is 23.6 Å². The van der Waals surface area contributed by atoms with Crippen molar-refractivity contribution in [1.82, 2.24) is 14.3 Å². The third kappa shape index (κ3) is 3.39. The number of carbonyl (C=O) groups excluding carboxylic acids is 1. The van der Waals surface area contributed by atoms with Crippen LogP contribution in [0.3, 0.4) is 0 Å². The summed E-state index contributed by atoms with van der Waals surface area (Å²) in [6, 6.07) is 5.98. The van der Waals surface area contributed by atoms with Crippen molar-refractivity contribution >= 4 is 37.5 Å². The van der Waals surface area contributed by atoms with E-state index < -0.39 is 15.9 Å². The molecule has 2 heterocycles. The number of nitrogens with zero attached hydrogens (tertiary/aromatic N) is 4. The number of amides is 1. The third-order valence-electron chi connectivity index (χ3n) is 3.36. The van der Waals surface area contributed by atoms with Crippen molar-refractivity contribution < 1.29 is 13.2 Å². The number of sulfonamides is 1. The van der Waals surface area contributed by atoms with Gasteiger partial charge in [-0.3, -0.25) is 9.48 Å². The van der Waals surface area contributed by atoms with Gasteiger partial charge in [-0.25, -0.2) is 13.6 Å². The van der Waals surface area contributed by atoms with Gasteiger partial charge in [-0.2, -0.15) is 10.1 Å². The molecule has 0 radical (unpaired) electrons. The molecule has 3 rings (SSSR count). The molecule has 0 unspecified atom stereocenters. The Hall–Kier alpha value is -2.74. The second-order valence-corrected chi connectivity index (χ2v) is 7.71. The van der Waals surface area contributed by atoms with Gasteiger partial charge in [0.15, 0.2) is 10.5 Å². The van der Waals surface area contributed by atoms with E-state index in [0.717, 1.165) is 11.3 Å². The Morgan fingerprint density at radius 1 is 1.44 bits per heavy atom. The maximum Gasteiger partial charge on any atom is 0.300 e. The molecule has 10 heteroatoms. The molecule has 0 saturated heterocycles. The van der Waals surface area contributed by atoms with Gasteiger partial charge in [-0.1, -0.05) is 17.3 Å². The van der Waals surface area contributed by atoms with Gasteiger partial charge >= 0.3 is 0 Å². The largest absolute Gasteiger partial charge is 0.305 e. The van der Waals surface area contributed by atoms with E-state index in [1.165, 1.54) is 16.8 Å². The normalized spacial score (nSPS) is 12.4. The molecule has 3 aromatic rings. The topological polar surface area (TPSA) is 112 Å². The summed E-state index contributed by atoms with van der Waals surface area (Å²) in [5, 5.41) is 9.18. The average molecular weight is 375 g/mol. The monoisotopic (exact) mass is 375 g/mol. The fourth-order valence-corrected chi connectivity index (χ4v) is 3.91. The van der Waals surface area contributed by atoms with Crippen LogP contribution in [0.4, 0.5) is 0 Å². The van der Waals surface area contributed by atoms with Crippen LogP contribution in [0.2, 0.25) is 0 Å². The summed E-state index contributed by atoms with van der Waals surface area (Å²) in [5.74, 6) is 1.99. The van der Waals surface area contributed by atoms with Crippen molar-refractivity contribution in [3.05, 3.63) is 41.0 Å². The number of aryl methyl sites for hydroxylation is 1. The lowest BCUT2D eigenvalue weighted by Gasteiger charge is -2.01. The third-order valence-corrected chi connectivity index (χ3v) is 5.31. The first-order valence-electron chi connectivity index (χ1n) is 6.98. The first kappa shape index (κ1) is 17.1. The number of benzene rings is 1. The van der Waals surface area contributed by atoms with Crippen LogP contribution in [0.25, 0.3) is 10.2 Å². The smallest absolute Gasteiger partial charge is 0.300 e. The van der Waals surface area contributed by atoms with Crippen LogP contribution >= 0.6 is 11.3 Å². The highest BCUT2D eigenvalue weighted by molar-refractivity contribution is 7.89. The van der Waals surface area contributed by atoms with Gasteiger partial charge < -0.3 is 4.57 Å². The Labute approximate surface area is 147 Å². The van der Waals surface area contributed by atoms with Crippen LogP contribution in [0.15, 0.2) is 40.4 Å². The highest BCUT2D eigenvalue weighted by Gasteiger charge is 2.14. The summed E-state index contributed by atoms with van der Waals surface area (Å²) < 4.78 is 26.8. The van der Waals surface area contributed by atoms with E-state index in [0.29, 0.717) is 15.0 Å². The molecular weight excluding hydrogens is 362 g/mol. The van der Waals surface area contributed by atoms with Crippen molar-refractivity contribution in [2.75, 3.05) is 0 Å². The Kier molecular flexibility index (Phi) is 4.30. The lowest BCUT2D eigenvalue weighted by atomic mass is 10.3. The van der Waals surface area contributed by atoms with Crippen LogP contribution in [0, 0.1) is 12.3 Å². The molecule has 2 N–H and O–H groups in total. The van der Waals surface area contributed by atoms with Crippen molar-refractivity contribution in [2.24, 2.45) is 17.2 Å². The molecule has 1 amide bonds. The number of nitrogens with two attached hydrogens (primary N) is 1. The summed E-state index contributed by atoms with van der Waals surface area (Å²) in [7, 11) is -2.13. The fourth-order valence-electron chi connectivity index (χ4n) is 2.23. The molecule has 8 nitrogen and oxygen atoms in total. The molecule has 2 aromatic heterocycles. The minimum absolute atomic E-state index is 0.0169. The number of carbonyl (C=O) groups is 1. The van der Waals surface area contributed by atoms with Gasteiger partial charge in [-0.05, 0) is 24.3 Å². The van der Waals surface area contributed by atoms with Crippen LogP contribution < -0.4 is 9.94 Å². The summed E-state index contributed by atoms with van der Waals surface area (Å²) in [6.45, 7) is 0.184. The highest BCUT2D eigenvalue weighted by Crippen LogP contribution is 2.21. The number of hydrogen-bond acceptors (Lipinski definition) is 5. The molecule has 0 saturated carbocycles. The first-order chi connectivity index (χ1) is 11.8. The van der Waals surface area contributed by atoms with Crippen LogP contribution in [0.5, 0.6) is 0 Å². The zero-order chi connectivity index (χ0) is 18.2. The molecule has 0 aliphatic rings. The summed E-state index contributed by atoms with van der Waals surface area (Å²) in [5.41, 5.74) is 0.875. The number of thiazole rings is 1. The Balaban J connectivity index is 2.20. The number of hydrogen-bond donors (Lipinski definition) is 1. The summed E-state index contributed by atoms with van der Waals surface area (Å²) in [4.78, 5) is 16.7. The molecular formula is C15H13N5O3S2. The van der Waals surface area contributed by atoms with Gasteiger partial charge in [0.05, 0.1) is 21.7 Å². The predicted molar refractivity (Wildman–Crippen MR) is 93.1 cm³/mol. The molecule has 0 bridgehead atoms. The number of aromatic nitrogens is 3. The molecule has 0 atom stereocenters. The standard InChI is InChI=1S/C15H13N5O3S2/c1-3-7-20-12-5-4-10(25(16,22)23)9-13(12)24-15(20)17-14(21)11-6-8-19(2)18-11/h1,4-6,8-9H,7H2,2H3,(H2,16,22,23). The van der Waals surface area contributed by atoms with Gasteiger partial charge in [-0.15, -0.1) is 6.42 Å². The molecule has 0 aliphatic carbocycles. The van der Waals surface area contributed by atoms with E-state index in [4.69, 9.17) is 11.6 Å². The van der Waals surface area contributed by atoms with Gasteiger partial charge in [0.1, 0.15) is 0 Å².